The number of amides is 2. The Bertz CT molecular complexity index is 841. The molecule has 11 atom stereocenters. The van der Waals surface area contributed by atoms with Crippen LogP contribution in [0.3, 0.4) is 0 Å². The van der Waals surface area contributed by atoms with Gasteiger partial charge >= 0.3 is 0 Å². The third-order valence-corrected chi connectivity index (χ3v) is 10.2. The predicted octanol–water partition coefficient (Wildman–Crippen LogP) is 1.09. The van der Waals surface area contributed by atoms with E-state index >= 15 is 0 Å². The fourth-order valence-corrected chi connectivity index (χ4v) is 8.72. The van der Waals surface area contributed by atoms with Crippen molar-refractivity contribution in [3.63, 3.8) is 0 Å². The first-order valence-electron chi connectivity index (χ1n) is 15.1. The highest BCUT2D eigenvalue weighted by Crippen LogP contribution is 2.53. The van der Waals surface area contributed by atoms with Gasteiger partial charge in [-0.25, -0.2) is 0 Å². The van der Waals surface area contributed by atoms with Gasteiger partial charge in [-0.15, -0.1) is 0 Å². The molecular formula is C29H50N3O6+. The first kappa shape index (κ1) is 28.3. The van der Waals surface area contributed by atoms with Crippen LogP contribution in [0.4, 0.5) is 0 Å². The van der Waals surface area contributed by atoms with Crippen LogP contribution in [0.2, 0.25) is 0 Å². The van der Waals surface area contributed by atoms with Crippen LogP contribution in [0.15, 0.2) is 0 Å². The molecule has 9 nitrogen and oxygen atoms in total. The molecule has 3 aliphatic heterocycles. The van der Waals surface area contributed by atoms with Gasteiger partial charge < -0.3 is 34.5 Å². The molecule has 2 aliphatic carbocycles. The zero-order valence-electron chi connectivity index (χ0n) is 24.0. The SMILES string of the molecule is COC1CCC2C3[NH2+]CCC4C5CC(O[C@@H](C)C(=O)NCCCOC(C)C)CCC5N(C(=O)C2C1OC)C43. The Balaban J connectivity index is 1.23. The van der Waals surface area contributed by atoms with Gasteiger partial charge in [-0.3, -0.25) is 9.59 Å². The number of ether oxygens (including phenoxy) is 4. The summed E-state index contributed by atoms with van der Waals surface area (Å²) in [5.74, 6) is 1.46. The van der Waals surface area contributed by atoms with Crippen LogP contribution < -0.4 is 10.6 Å². The standard InChI is InChI=1S/C29H49N3O6/c1-16(2)37-14-6-12-31-28(33)17(3)38-18-7-9-22-21(15-18)19-11-13-30-25-20-8-10-23(35-4)27(36-5)24(20)29(34)32(22)26(19)25/h16-27,30H,6-15H2,1-5H3,(H,31,33)/p+1/t17-,18?,19?,20?,21?,22?,23?,24?,25?,26?,27?/m0/s1. The minimum absolute atomic E-state index is 0.0148. The zero-order chi connectivity index (χ0) is 27.0. The maximum Gasteiger partial charge on any atom is 0.248 e. The van der Waals surface area contributed by atoms with Gasteiger partial charge in [-0.1, -0.05) is 0 Å². The molecule has 10 unspecified atom stereocenters. The van der Waals surface area contributed by atoms with E-state index in [4.69, 9.17) is 18.9 Å². The third kappa shape index (κ3) is 5.26. The van der Waals surface area contributed by atoms with Crippen LogP contribution in [0, 0.1) is 23.7 Å². The largest absolute Gasteiger partial charge is 0.379 e. The monoisotopic (exact) mass is 536 g/mol. The Labute approximate surface area is 228 Å². The van der Waals surface area contributed by atoms with Crippen LogP contribution in [0.5, 0.6) is 0 Å². The van der Waals surface area contributed by atoms with Crippen LogP contribution in [-0.4, -0.2) is 99.3 Å². The molecule has 0 aromatic carbocycles. The molecule has 2 saturated carbocycles. The fraction of sp³-hybridized carbons (Fsp3) is 0.931. The maximum absolute atomic E-state index is 14.2. The summed E-state index contributed by atoms with van der Waals surface area (Å²) in [6.07, 6.45) is 6.32. The molecule has 38 heavy (non-hydrogen) atoms. The molecule has 0 aromatic heterocycles. The number of methoxy groups -OCH3 is 2. The van der Waals surface area contributed by atoms with E-state index in [1.807, 2.05) is 20.8 Å². The summed E-state index contributed by atoms with van der Waals surface area (Å²) in [6.45, 7) is 8.26. The number of nitrogens with zero attached hydrogens (tertiary/aromatic N) is 1. The summed E-state index contributed by atoms with van der Waals surface area (Å²) in [5, 5.41) is 5.53. The van der Waals surface area contributed by atoms with Gasteiger partial charge in [-0.05, 0) is 71.1 Å². The number of hydrogen-bond acceptors (Lipinski definition) is 6. The van der Waals surface area contributed by atoms with Crippen molar-refractivity contribution in [2.75, 3.05) is 33.9 Å². The smallest absolute Gasteiger partial charge is 0.248 e. The number of carbonyl (C=O) groups excluding carboxylic acids is 2. The Morgan fingerprint density at radius 3 is 2.61 bits per heavy atom. The number of nitrogens with one attached hydrogen (secondary N) is 1. The molecule has 2 amide bonds. The maximum atomic E-state index is 14.2. The lowest BCUT2D eigenvalue weighted by atomic mass is 9.64. The number of nitrogens with two attached hydrogens (primary N) is 1. The normalized spacial score (nSPS) is 40.9. The van der Waals surface area contributed by atoms with E-state index in [9.17, 15) is 9.59 Å². The predicted molar refractivity (Wildman–Crippen MR) is 141 cm³/mol. The molecule has 5 aliphatic rings. The molecule has 0 spiro atoms. The lowest BCUT2D eigenvalue weighted by Crippen LogP contribution is -2.99. The second-order valence-electron chi connectivity index (χ2n) is 12.5. The van der Waals surface area contributed by atoms with E-state index in [0.717, 1.165) is 51.5 Å². The Morgan fingerprint density at radius 2 is 1.87 bits per heavy atom. The molecule has 3 N–H and O–H groups in total. The highest BCUT2D eigenvalue weighted by Gasteiger charge is 2.66. The highest BCUT2D eigenvalue weighted by molar-refractivity contribution is 5.82. The molecule has 5 fully saturated rings. The number of piperidine rings is 2. The number of fused-ring (bicyclic) bond motifs is 5. The topological polar surface area (TPSA) is 103 Å². The summed E-state index contributed by atoms with van der Waals surface area (Å²) in [4.78, 5) is 29.1. The summed E-state index contributed by atoms with van der Waals surface area (Å²) < 4.78 is 23.6. The molecule has 5 rings (SSSR count). The third-order valence-electron chi connectivity index (χ3n) is 10.2. The molecule has 3 saturated heterocycles. The minimum Gasteiger partial charge on any atom is -0.379 e. The Hall–Kier alpha value is -1.26. The van der Waals surface area contributed by atoms with E-state index in [0.29, 0.717) is 48.9 Å². The number of carbonyl (C=O) groups is 2. The van der Waals surface area contributed by atoms with Crippen molar-refractivity contribution in [3.8, 4) is 0 Å². The average Bonchev–Trinajstić information content (AvgIpc) is 3.25. The minimum atomic E-state index is -0.475. The van der Waals surface area contributed by atoms with Crippen molar-refractivity contribution in [2.24, 2.45) is 23.7 Å². The number of quaternary nitrogens is 1. The molecule has 0 radical (unpaired) electrons. The van der Waals surface area contributed by atoms with E-state index in [2.05, 4.69) is 15.5 Å². The highest BCUT2D eigenvalue weighted by atomic mass is 16.5. The van der Waals surface area contributed by atoms with Crippen molar-refractivity contribution in [1.82, 2.24) is 10.2 Å². The lowest BCUT2D eigenvalue weighted by molar-refractivity contribution is -0.713. The van der Waals surface area contributed by atoms with E-state index in [1.54, 1.807) is 14.2 Å². The van der Waals surface area contributed by atoms with Crippen LogP contribution in [0.1, 0.15) is 65.7 Å². The van der Waals surface area contributed by atoms with E-state index < -0.39 is 6.10 Å². The molecular weight excluding hydrogens is 486 g/mol. The molecule has 3 heterocycles. The molecule has 216 valence electrons. The Morgan fingerprint density at radius 1 is 1.05 bits per heavy atom. The summed E-state index contributed by atoms with van der Waals surface area (Å²) in [6, 6.07) is 1.04. The second-order valence-corrected chi connectivity index (χ2v) is 12.5. The summed E-state index contributed by atoms with van der Waals surface area (Å²) in [5.41, 5.74) is 0. The van der Waals surface area contributed by atoms with Crippen LogP contribution >= 0.6 is 0 Å². The molecule has 0 aromatic rings. The van der Waals surface area contributed by atoms with Crippen molar-refractivity contribution >= 4 is 11.8 Å². The van der Waals surface area contributed by atoms with E-state index in [1.165, 1.54) is 0 Å². The zero-order valence-corrected chi connectivity index (χ0v) is 24.0. The Kier molecular flexibility index (Phi) is 8.99. The van der Waals surface area contributed by atoms with Gasteiger partial charge in [0, 0.05) is 45.8 Å². The van der Waals surface area contributed by atoms with Gasteiger partial charge in [0.05, 0.1) is 42.9 Å². The number of rotatable bonds is 10. The molecule has 9 heteroatoms. The summed E-state index contributed by atoms with van der Waals surface area (Å²) in [7, 11) is 3.48. The number of hydrogen-bond donors (Lipinski definition) is 2. The lowest BCUT2D eigenvalue weighted by Gasteiger charge is -2.53. The average molecular weight is 537 g/mol. The van der Waals surface area contributed by atoms with Crippen LogP contribution in [0.25, 0.3) is 0 Å². The van der Waals surface area contributed by atoms with Gasteiger partial charge in [0.25, 0.3) is 0 Å². The molecule has 0 bridgehead atoms. The first-order chi connectivity index (χ1) is 18.3. The van der Waals surface area contributed by atoms with Gasteiger partial charge in [-0.2, -0.15) is 0 Å². The van der Waals surface area contributed by atoms with Gasteiger partial charge in [0.2, 0.25) is 11.8 Å². The van der Waals surface area contributed by atoms with E-state index in [-0.39, 0.29) is 42.3 Å². The fourth-order valence-electron chi connectivity index (χ4n) is 8.72. The van der Waals surface area contributed by atoms with Crippen molar-refractivity contribution in [1.29, 1.82) is 0 Å². The van der Waals surface area contributed by atoms with Gasteiger partial charge in [0.1, 0.15) is 12.1 Å². The quantitative estimate of drug-likeness (QED) is 0.406. The second kappa shape index (κ2) is 12.1. The van der Waals surface area contributed by atoms with Crippen LogP contribution in [-0.2, 0) is 28.5 Å². The van der Waals surface area contributed by atoms with Crippen molar-refractivity contribution in [3.05, 3.63) is 0 Å². The first-order valence-corrected chi connectivity index (χ1v) is 15.1. The van der Waals surface area contributed by atoms with Crippen molar-refractivity contribution in [2.45, 2.75) is 114 Å². The summed E-state index contributed by atoms with van der Waals surface area (Å²) >= 11 is 0. The van der Waals surface area contributed by atoms with Gasteiger partial charge in [0.15, 0.2) is 0 Å². The van der Waals surface area contributed by atoms with Crippen molar-refractivity contribution < 1.29 is 33.9 Å².